The van der Waals surface area contributed by atoms with E-state index < -0.39 is 0 Å². The number of hydrogen-bond acceptors (Lipinski definition) is 4. The lowest BCUT2D eigenvalue weighted by molar-refractivity contribution is 0.0951. The van der Waals surface area contributed by atoms with Crippen molar-refractivity contribution in [3.05, 3.63) is 84.2 Å². The van der Waals surface area contributed by atoms with Crippen molar-refractivity contribution in [3.8, 4) is 22.4 Å². The van der Waals surface area contributed by atoms with Crippen LogP contribution in [-0.2, 0) is 6.61 Å². The molecule has 1 amide bonds. The molecule has 4 rings (SSSR count). The van der Waals surface area contributed by atoms with Crippen LogP contribution in [0.1, 0.15) is 15.9 Å². The Hall–Kier alpha value is -3.48. The molecule has 0 radical (unpaired) electrons. The molecule has 0 saturated heterocycles. The second-order valence-electron chi connectivity index (χ2n) is 7.79. The van der Waals surface area contributed by atoms with Crippen LogP contribution in [0.15, 0.2) is 73.1 Å². The van der Waals surface area contributed by atoms with Crippen LogP contribution < -0.4 is 5.32 Å². The smallest absolute Gasteiger partial charge is 0.251 e. The number of carbonyl (C=O) groups is 1. The number of benzene rings is 2. The molecule has 2 heterocycles. The summed E-state index contributed by atoms with van der Waals surface area (Å²) in [6.45, 7) is 1.40. The van der Waals surface area contributed by atoms with Crippen LogP contribution in [0.4, 0.5) is 0 Å². The standard InChI is InChI=1S/C25H26N4O2/c1-28(2)12-11-26-25(31)21-8-4-7-20(14-21)23-15-27-24-10-9-22(16-29(23)24)19-6-3-5-18(13-19)17-30/h3-10,13-16,30H,11-12,17H2,1-2H3,(H,26,31). The maximum atomic E-state index is 12.5. The summed E-state index contributed by atoms with van der Waals surface area (Å²) in [6, 6.07) is 19.4. The van der Waals surface area contributed by atoms with E-state index in [1.165, 1.54) is 0 Å². The first kappa shape index (κ1) is 20.8. The minimum absolute atomic E-state index is 0.00973. The number of imidazole rings is 1. The molecule has 0 bridgehead atoms. The summed E-state index contributed by atoms with van der Waals surface area (Å²) in [7, 11) is 3.96. The Morgan fingerprint density at radius 1 is 1.03 bits per heavy atom. The molecule has 0 spiro atoms. The number of carbonyl (C=O) groups excluding carboxylic acids is 1. The molecule has 0 aliphatic rings. The van der Waals surface area contributed by atoms with Crippen LogP contribution in [0.25, 0.3) is 28.0 Å². The second kappa shape index (κ2) is 9.12. The van der Waals surface area contributed by atoms with Crippen LogP contribution in [0.5, 0.6) is 0 Å². The molecule has 2 aromatic carbocycles. The fraction of sp³-hybridized carbons (Fsp3) is 0.200. The topological polar surface area (TPSA) is 69.9 Å². The van der Waals surface area contributed by atoms with Gasteiger partial charge in [-0.25, -0.2) is 4.98 Å². The van der Waals surface area contributed by atoms with Gasteiger partial charge in [-0.2, -0.15) is 0 Å². The van der Waals surface area contributed by atoms with Crippen molar-refractivity contribution in [1.29, 1.82) is 0 Å². The Morgan fingerprint density at radius 2 is 1.84 bits per heavy atom. The fourth-order valence-corrected chi connectivity index (χ4v) is 3.53. The van der Waals surface area contributed by atoms with Crippen molar-refractivity contribution in [3.63, 3.8) is 0 Å². The van der Waals surface area contributed by atoms with Gasteiger partial charge in [0.25, 0.3) is 5.91 Å². The van der Waals surface area contributed by atoms with Gasteiger partial charge in [-0.3, -0.25) is 9.20 Å². The van der Waals surface area contributed by atoms with E-state index in [1.807, 2.05) is 96.5 Å². The van der Waals surface area contributed by atoms with Gasteiger partial charge in [0.1, 0.15) is 5.65 Å². The van der Waals surface area contributed by atoms with Crippen molar-refractivity contribution in [2.24, 2.45) is 0 Å². The number of likely N-dealkylation sites (N-methyl/N-ethyl adjacent to an activating group) is 1. The number of aromatic nitrogens is 2. The lowest BCUT2D eigenvalue weighted by atomic mass is 10.0. The van der Waals surface area contributed by atoms with Crippen LogP contribution in [0.2, 0.25) is 0 Å². The van der Waals surface area contributed by atoms with E-state index >= 15 is 0 Å². The zero-order valence-corrected chi connectivity index (χ0v) is 17.7. The summed E-state index contributed by atoms with van der Waals surface area (Å²) < 4.78 is 2.03. The van der Waals surface area contributed by atoms with E-state index in [-0.39, 0.29) is 12.5 Å². The van der Waals surface area contributed by atoms with Gasteiger partial charge in [-0.15, -0.1) is 0 Å². The summed E-state index contributed by atoms with van der Waals surface area (Å²) in [6.07, 6.45) is 3.87. The third-order valence-corrected chi connectivity index (χ3v) is 5.21. The average molecular weight is 415 g/mol. The molecule has 6 heteroatoms. The number of fused-ring (bicyclic) bond motifs is 1. The first-order valence-corrected chi connectivity index (χ1v) is 10.3. The van der Waals surface area contributed by atoms with Crippen LogP contribution in [-0.4, -0.2) is 52.5 Å². The number of nitrogens with one attached hydrogen (secondary N) is 1. The highest BCUT2D eigenvalue weighted by Gasteiger charge is 2.11. The monoisotopic (exact) mass is 414 g/mol. The van der Waals surface area contributed by atoms with Gasteiger partial charge < -0.3 is 15.3 Å². The molecule has 0 saturated carbocycles. The normalized spacial score (nSPS) is 11.2. The van der Waals surface area contributed by atoms with Gasteiger partial charge in [-0.05, 0) is 61.1 Å². The number of nitrogens with zero attached hydrogens (tertiary/aromatic N) is 3. The van der Waals surface area contributed by atoms with E-state index in [0.717, 1.165) is 40.1 Å². The summed E-state index contributed by atoms with van der Waals surface area (Å²) in [5, 5.41) is 12.4. The highest BCUT2D eigenvalue weighted by atomic mass is 16.3. The molecule has 158 valence electrons. The fourth-order valence-electron chi connectivity index (χ4n) is 3.53. The molecule has 0 unspecified atom stereocenters. The summed E-state index contributed by atoms with van der Waals surface area (Å²) in [5.41, 5.74) is 6.22. The van der Waals surface area contributed by atoms with E-state index in [0.29, 0.717) is 12.1 Å². The Kier molecular flexibility index (Phi) is 6.11. The van der Waals surface area contributed by atoms with Crippen LogP contribution in [0.3, 0.4) is 0 Å². The summed E-state index contributed by atoms with van der Waals surface area (Å²) >= 11 is 0. The Labute approximate surface area is 181 Å². The first-order chi connectivity index (χ1) is 15.0. The van der Waals surface area contributed by atoms with Crippen molar-refractivity contribution in [1.82, 2.24) is 19.6 Å². The number of aliphatic hydroxyl groups is 1. The third kappa shape index (κ3) is 4.66. The minimum atomic E-state index is -0.0842. The molecular formula is C25H26N4O2. The van der Waals surface area contributed by atoms with Crippen molar-refractivity contribution in [2.45, 2.75) is 6.61 Å². The molecule has 31 heavy (non-hydrogen) atoms. The average Bonchev–Trinajstić information content (AvgIpc) is 3.22. The number of hydrogen-bond donors (Lipinski definition) is 2. The second-order valence-corrected chi connectivity index (χ2v) is 7.79. The van der Waals surface area contributed by atoms with Crippen molar-refractivity contribution >= 4 is 11.6 Å². The predicted molar refractivity (Wildman–Crippen MR) is 123 cm³/mol. The summed E-state index contributed by atoms with van der Waals surface area (Å²) in [4.78, 5) is 19.1. The van der Waals surface area contributed by atoms with E-state index in [1.54, 1.807) is 0 Å². The van der Waals surface area contributed by atoms with Gasteiger partial charge in [0, 0.05) is 30.4 Å². The Balaban J connectivity index is 1.66. The van der Waals surface area contributed by atoms with Gasteiger partial charge in [-0.1, -0.05) is 30.3 Å². The highest BCUT2D eigenvalue weighted by molar-refractivity contribution is 5.95. The number of rotatable bonds is 7. The molecule has 0 aliphatic heterocycles. The van der Waals surface area contributed by atoms with Gasteiger partial charge >= 0.3 is 0 Å². The number of aliphatic hydroxyl groups excluding tert-OH is 1. The lowest BCUT2D eigenvalue weighted by Gasteiger charge is -2.11. The predicted octanol–water partition coefficient (Wildman–Crippen LogP) is 3.45. The van der Waals surface area contributed by atoms with Crippen LogP contribution in [0, 0.1) is 0 Å². The van der Waals surface area contributed by atoms with E-state index in [4.69, 9.17) is 0 Å². The summed E-state index contributed by atoms with van der Waals surface area (Å²) in [5.74, 6) is -0.0842. The molecule has 0 aliphatic carbocycles. The van der Waals surface area contributed by atoms with Crippen molar-refractivity contribution < 1.29 is 9.90 Å². The molecular weight excluding hydrogens is 388 g/mol. The highest BCUT2D eigenvalue weighted by Crippen LogP contribution is 2.26. The Morgan fingerprint density at radius 3 is 2.65 bits per heavy atom. The maximum Gasteiger partial charge on any atom is 0.251 e. The van der Waals surface area contributed by atoms with Gasteiger partial charge in [0.15, 0.2) is 0 Å². The van der Waals surface area contributed by atoms with Gasteiger partial charge in [0.05, 0.1) is 18.5 Å². The van der Waals surface area contributed by atoms with E-state index in [9.17, 15) is 9.90 Å². The minimum Gasteiger partial charge on any atom is -0.392 e. The Bertz CT molecular complexity index is 1210. The van der Waals surface area contributed by atoms with Gasteiger partial charge in [0.2, 0.25) is 0 Å². The largest absolute Gasteiger partial charge is 0.392 e. The lowest BCUT2D eigenvalue weighted by Crippen LogP contribution is -2.31. The first-order valence-electron chi connectivity index (χ1n) is 10.3. The molecule has 0 fully saturated rings. The quantitative estimate of drug-likeness (QED) is 0.486. The molecule has 6 nitrogen and oxygen atoms in total. The molecule has 2 aromatic heterocycles. The molecule has 2 N–H and O–H groups in total. The molecule has 0 atom stereocenters. The number of pyridine rings is 1. The van der Waals surface area contributed by atoms with Crippen molar-refractivity contribution in [2.75, 3.05) is 27.2 Å². The zero-order chi connectivity index (χ0) is 21.8. The maximum absolute atomic E-state index is 12.5. The SMILES string of the molecule is CN(C)CCNC(=O)c1cccc(-c2cnc3ccc(-c4cccc(CO)c4)cn23)c1. The van der Waals surface area contributed by atoms with Crippen LogP contribution >= 0.6 is 0 Å². The third-order valence-electron chi connectivity index (χ3n) is 5.21. The zero-order valence-electron chi connectivity index (χ0n) is 17.7. The number of amides is 1. The molecule has 4 aromatic rings. The van der Waals surface area contributed by atoms with E-state index in [2.05, 4.69) is 10.3 Å².